The van der Waals surface area contributed by atoms with Gasteiger partial charge >= 0.3 is 0 Å². The zero-order chi connectivity index (χ0) is 14.8. The molecule has 0 N–H and O–H groups in total. The molecular weight excluding hydrogens is 278 g/mol. The van der Waals surface area contributed by atoms with Crippen LogP contribution in [-0.4, -0.2) is 12.1 Å². The number of rotatable bonds is 3. The van der Waals surface area contributed by atoms with Crippen molar-refractivity contribution in [3.63, 3.8) is 0 Å². The fourth-order valence-electron chi connectivity index (χ4n) is 2.31. The first kappa shape index (κ1) is 13.8. The number of aromatic nitrogens is 1. The highest BCUT2D eigenvalue weighted by atomic mass is 32.1. The van der Waals surface area contributed by atoms with E-state index in [0.29, 0.717) is 0 Å². The summed E-state index contributed by atoms with van der Waals surface area (Å²) in [6, 6.07) is 16.5. The van der Waals surface area contributed by atoms with E-state index in [1.807, 2.05) is 18.2 Å². The molecule has 0 saturated carbocycles. The number of hydrogen-bond acceptors (Lipinski definition) is 3. The van der Waals surface area contributed by atoms with Gasteiger partial charge in [0.2, 0.25) is 0 Å². The second-order valence-electron chi connectivity index (χ2n) is 4.99. The van der Waals surface area contributed by atoms with Crippen molar-refractivity contribution in [2.45, 2.75) is 13.8 Å². The van der Waals surface area contributed by atoms with Gasteiger partial charge in [0, 0.05) is 10.4 Å². The van der Waals surface area contributed by atoms with Crippen LogP contribution in [0.1, 0.15) is 10.4 Å². The first-order valence-electron chi connectivity index (χ1n) is 6.87. The third-order valence-corrected chi connectivity index (χ3v) is 4.46. The average molecular weight is 295 g/mol. The zero-order valence-corrected chi connectivity index (χ0v) is 13.2. The lowest BCUT2D eigenvalue weighted by Crippen LogP contribution is -1.87. The molecule has 1 aromatic heterocycles. The maximum atomic E-state index is 5.44. The molecule has 106 valence electrons. The maximum Gasteiger partial charge on any atom is 0.129 e. The summed E-state index contributed by atoms with van der Waals surface area (Å²) in [5.41, 5.74) is 4.53. The van der Waals surface area contributed by atoms with Gasteiger partial charge in [-0.05, 0) is 26.0 Å². The Kier molecular flexibility index (Phi) is 3.76. The summed E-state index contributed by atoms with van der Waals surface area (Å²) in [7, 11) is 1.69. The minimum atomic E-state index is 0.863. The largest absolute Gasteiger partial charge is 0.496 e. The van der Waals surface area contributed by atoms with Crippen molar-refractivity contribution in [3.05, 3.63) is 59.0 Å². The van der Waals surface area contributed by atoms with Gasteiger partial charge in [-0.15, -0.1) is 11.3 Å². The molecule has 1 heterocycles. The molecule has 0 bridgehead atoms. The maximum absolute atomic E-state index is 5.44. The van der Waals surface area contributed by atoms with Crippen molar-refractivity contribution in [2.75, 3.05) is 7.11 Å². The van der Waals surface area contributed by atoms with Gasteiger partial charge in [-0.3, -0.25) is 0 Å². The number of ether oxygens (including phenoxy) is 1. The van der Waals surface area contributed by atoms with Crippen LogP contribution in [0, 0.1) is 13.8 Å². The molecule has 21 heavy (non-hydrogen) atoms. The van der Waals surface area contributed by atoms with Crippen LogP contribution in [0.15, 0.2) is 48.5 Å². The first-order chi connectivity index (χ1) is 10.2. The summed E-state index contributed by atoms with van der Waals surface area (Å²) in [5.74, 6) is 0.863. The highest BCUT2D eigenvalue weighted by Crippen LogP contribution is 2.37. The van der Waals surface area contributed by atoms with Gasteiger partial charge in [0.05, 0.1) is 18.4 Å². The lowest BCUT2D eigenvalue weighted by atomic mass is 10.1. The van der Waals surface area contributed by atoms with Crippen molar-refractivity contribution in [1.82, 2.24) is 4.98 Å². The molecule has 0 aliphatic carbocycles. The van der Waals surface area contributed by atoms with Gasteiger partial charge in [0.25, 0.3) is 0 Å². The molecule has 3 aromatic rings. The number of thiazole rings is 1. The minimum Gasteiger partial charge on any atom is -0.496 e. The van der Waals surface area contributed by atoms with E-state index in [1.165, 1.54) is 10.4 Å². The van der Waals surface area contributed by atoms with Crippen molar-refractivity contribution < 1.29 is 4.74 Å². The third-order valence-electron chi connectivity index (χ3n) is 3.46. The highest BCUT2D eigenvalue weighted by Gasteiger charge is 2.14. The lowest BCUT2D eigenvalue weighted by Gasteiger charge is -2.04. The predicted octanol–water partition coefficient (Wildman–Crippen LogP) is 5.10. The van der Waals surface area contributed by atoms with Gasteiger partial charge in [0.1, 0.15) is 10.8 Å². The first-order valence-corrected chi connectivity index (χ1v) is 7.68. The van der Waals surface area contributed by atoms with E-state index in [2.05, 4.69) is 44.2 Å². The van der Waals surface area contributed by atoms with Crippen LogP contribution < -0.4 is 4.74 Å². The normalized spacial score (nSPS) is 10.6. The molecule has 0 aliphatic heterocycles. The molecule has 3 heteroatoms. The molecular formula is C18H17NOS. The molecule has 0 saturated heterocycles. The predicted molar refractivity (Wildman–Crippen MR) is 89.0 cm³/mol. The monoisotopic (exact) mass is 295 g/mol. The van der Waals surface area contributed by atoms with Crippen LogP contribution in [0.5, 0.6) is 5.75 Å². The van der Waals surface area contributed by atoms with Gasteiger partial charge in [-0.2, -0.15) is 0 Å². The molecule has 0 aliphatic rings. The molecule has 0 atom stereocenters. The van der Waals surface area contributed by atoms with Crippen LogP contribution in [-0.2, 0) is 0 Å². The Bertz CT molecular complexity index is 759. The highest BCUT2D eigenvalue weighted by molar-refractivity contribution is 7.15. The Labute approximate surface area is 129 Å². The summed E-state index contributed by atoms with van der Waals surface area (Å²) >= 11 is 1.70. The second kappa shape index (κ2) is 5.70. The van der Waals surface area contributed by atoms with Crippen LogP contribution in [0.2, 0.25) is 0 Å². The van der Waals surface area contributed by atoms with E-state index in [4.69, 9.17) is 9.72 Å². The summed E-state index contributed by atoms with van der Waals surface area (Å²) in [6.07, 6.45) is 0. The standard InChI is InChI=1S/C18H17NOS/c1-12-8-10-14(11-9-12)17-13(2)21-18(19-17)15-6-4-5-7-16(15)20-3/h4-11H,1-3H3. The number of hydrogen-bond donors (Lipinski definition) is 0. The molecule has 0 radical (unpaired) electrons. The Balaban J connectivity index is 2.07. The quantitative estimate of drug-likeness (QED) is 0.670. The van der Waals surface area contributed by atoms with E-state index in [0.717, 1.165) is 27.6 Å². The Morgan fingerprint density at radius 3 is 2.38 bits per heavy atom. The molecule has 2 aromatic carbocycles. The van der Waals surface area contributed by atoms with Crippen molar-refractivity contribution >= 4 is 11.3 Å². The van der Waals surface area contributed by atoms with Gasteiger partial charge < -0.3 is 4.74 Å². The van der Waals surface area contributed by atoms with Crippen LogP contribution in [0.25, 0.3) is 21.8 Å². The SMILES string of the molecule is COc1ccccc1-c1nc(-c2ccc(C)cc2)c(C)s1. The molecule has 0 spiro atoms. The van der Waals surface area contributed by atoms with Crippen LogP contribution >= 0.6 is 11.3 Å². The average Bonchev–Trinajstić information content (AvgIpc) is 2.90. The smallest absolute Gasteiger partial charge is 0.129 e. The fraction of sp³-hybridized carbons (Fsp3) is 0.167. The summed E-state index contributed by atoms with van der Waals surface area (Å²) in [5, 5.41) is 1.00. The van der Waals surface area contributed by atoms with Crippen molar-refractivity contribution in [1.29, 1.82) is 0 Å². The van der Waals surface area contributed by atoms with Crippen LogP contribution in [0.3, 0.4) is 0 Å². The van der Waals surface area contributed by atoms with Crippen molar-refractivity contribution in [2.24, 2.45) is 0 Å². The third kappa shape index (κ3) is 2.69. The van der Waals surface area contributed by atoms with Crippen LogP contribution in [0.4, 0.5) is 0 Å². The van der Waals surface area contributed by atoms with E-state index in [9.17, 15) is 0 Å². The Morgan fingerprint density at radius 2 is 1.67 bits per heavy atom. The van der Waals surface area contributed by atoms with Gasteiger partial charge in [-0.25, -0.2) is 4.98 Å². The fourth-order valence-corrected chi connectivity index (χ4v) is 3.28. The molecule has 2 nitrogen and oxygen atoms in total. The molecule has 0 unspecified atom stereocenters. The topological polar surface area (TPSA) is 22.1 Å². The number of benzene rings is 2. The molecule has 3 rings (SSSR count). The number of para-hydroxylation sites is 1. The van der Waals surface area contributed by atoms with E-state index < -0.39 is 0 Å². The number of nitrogens with zero attached hydrogens (tertiary/aromatic N) is 1. The Morgan fingerprint density at radius 1 is 0.952 bits per heavy atom. The lowest BCUT2D eigenvalue weighted by molar-refractivity contribution is 0.416. The zero-order valence-electron chi connectivity index (χ0n) is 12.4. The van der Waals surface area contributed by atoms with E-state index in [1.54, 1.807) is 18.4 Å². The van der Waals surface area contributed by atoms with E-state index >= 15 is 0 Å². The number of methoxy groups -OCH3 is 1. The number of aryl methyl sites for hydroxylation is 2. The summed E-state index contributed by atoms with van der Waals surface area (Å²) < 4.78 is 5.44. The minimum absolute atomic E-state index is 0.863. The second-order valence-corrected chi connectivity index (χ2v) is 6.19. The summed E-state index contributed by atoms with van der Waals surface area (Å²) in [4.78, 5) is 6.05. The van der Waals surface area contributed by atoms with Crippen molar-refractivity contribution in [3.8, 4) is 27.6 Å². The van der Waals surface area contributed by atoms with Gasteiger partial charge in [0.15, 0.2) is 0 Å². The summed E-state index contributed by atoms with van der Waals surface area (Å²) in [6.45, 7) is 4.21. The van der Waals surface area contributed by atoms with Gasteiger partial charge in [-0.1, -0.05) is 42.0 Å². The molecule has 0 amide bonds. The molecule has 0 fully saturated rings. The van der Waals surface area contributed by atoms with E-state index in [-0.39, 0.29) is 0 Å². The Hall–Kier alpha value is -2.13.